The molecule has 0 aliphatic rings. The third kappa shape index (κ3) is 5.43. The zero-order valence-electron chi connectivity index (χ0n) is 13.2. The summed E-state index contributed by atoms with van der Waals surface area (Å²) in [6.07, 6.45) is -4.62. The average molecular weight is 395 g/mol. The summed E-state index contributed by atoms with van der Waals surface area (Å²) in [6, 6.07) is 11.1. The van der Waals surface area contributed by atoms with E-state index in [0.29, 0.717) is 6.07 Å². The number of benzene rings is 2. The fourth-order valence-electron chi connectivity index (χ4n) is 2.17. The van der Waals surface area contributed by atoms with E-state index < -0.39 is 32.7 Å². The maximum Gasteiger partial charge on any atom is 0.416 e. The van der Waals surface area contributed by atoms with Crippen LogP contribution in [-0.4, -0.2) is 15.0 Å². The van der Waals surface area contributed by atoms with Gasteiger partial charge in [0.2, 0.25) is 10.0 Å². The Morgan fingerprint density at radius 2 is 1.72 bits per heavy atom. The predicted octanol–water partition coefficient (Wildman–Crippen LogP) is 3.41. The standard InChI is InChI=1S/C16H17F3N2O2S.ClH/c1-11-7-8-13(9-14(11)16(17,18)19)24(22,23)21-10-15(20)12-5-3-2-4-6-12;/h2-9,15,21H,10,20H2,1H3;1H. The third-order valence-electron chi connectivity index (χ3n) is 3.55. The number of sulfonamides is 1. The highest BCUT2D eigenvalue weighted by Gasteiger charge is 2.33. The molecule has 4 nitrogen and oxygen atoms in total. The van der Waals surface area contributed by atoms with E-state index in [-0.39, 0.29) is 24.5 Å². The molecule has 0 aliphatic carbocycles. The summed E-state index contributed by atoms with van der Waals surface area (Å²) in [7, 11) is -4.09. The van der Waals surface area contributed by atoms with E-state index >= 15 is 0 Å². The lowest BCUT2D eigenvalue weighted by Crippen LogP contribution is -2.32. The minimum absolute atomic E-state index is 0. The van der Waals surface area contributed by atoms with Crippen molar-refractivity contribution in [2.75, 3.05) is 6.54 Å². The maximum absolute atomic E-state index is 12.9. The molecule has 2 aromatic rings. The lowest BCUT2D eigenvalue weighted by atomic mass is 10.1. The van der Waals surface area contributed by atoms with Gasteiger partial charge in [0, 0.05) is 12.6 Å². The quantitative estimate of drug-likeness (QED) is 0.816. The summed E-state index contributed by atoms with van der Waals surface area (Å²) in [5.41, 5.74) is 5.61. The Labute approximate surface area is 150 Å². The van der Waals surface area contributed by atoms with Crippen molar-refractivity contribution in [2.45, 2.75) is 24.0 Å². The molecule has 0 radical (unpaired) electrons. The fourth-order valence-corrected chi connectivity index (χ4v) is 3.26. The molecule has 2 aromatic carbocycles. The van der Waals surface area contributed by atoms with Gasteiger partial charge >= 0.3 is 6.18 Å². The molecule has 0 spiro atoms. The number of rotatable bonds is 5. The van der Waals surface area contributed by atoms with Crippen LogP contribution >= 0.6 is 12.4 Å². The van der Waals surface area contributed by atoms with Gasteiger partial charge in [-0.2, -0.15) is 13.2 Å². The molecule has 25 heavy (non-hydrogen) atoms. The second kappa shape index (κ2) is 8.18. The van der Waals surface area contributed by atoms with Gasteiger partial charge in [0.05, 0.1) is 10.5 Å². The van der Waals surface area contributed by atoms with Crippen LogP contribution < -0.4 is 10.5 Å². The van der Waals surface area contributed by atoms with E-state index in [0.717, 1.165) is 17.7 Å². The molecule has 9 heteroatoms. The second-order valence-corrected chi connectivity index (χ2v) is 7.11. The highest BCUT2D eigenvalue weighted by molar-refractivity contribution is 7.89. The highest BCUT2D eigenvalue weighted by Crippen LogP contribution is 2.33. The lowest BCUT2D eigenvalue weighted by Gasteiger charge is -2.15. The Bertz CT molecular complexity index is 812. The van der Waals surface area contributed by atoms with Crippen LogP contribution in [0.2, 0.25) is 0 Å². The Hall–Kier alpha value is -1.61. The summed E-state index contributed by atoms with van der Waals surface area (Å²) in [5.74, 6) is 0. The smallest absolute Gasteiger partial charge is 0.323 e. The number of hydrogen-bond acceptors (Lipinski definition) is 3. The molecule has 0 heterocycles. The normalized spacial score (nSPS) is 13.2. The van der Waals surface area contributed by atoms with Crippen LogP contribution in [0.5, 0.6) is 0 Å². The number of nitrogens with one attached hydrogen (secondary N) is 1. The Morgan fingerprint density at radius 1 is 1.12 bits per heavy atom. The maximum atomic E-state index is 12.9. The fraction of sp³-hybridized carbons (Fsp3) is 0.250. The van der Waals surface area contributed by atoms with Gasteiger partial charge < -0.3 is 5.73 Å². The first-order chi connectivity index (χ1) is 11.1. The summed E-state index contributed by atoms with van der Waals surface area (Å²) in [5, 5.41) is 0. The van der Waals surface area contributed by atoms with Crippen molar-refractivity contribution in [3.05, 3.63) is 65.2 Å². The van der Waals surface area contributed by atoms with Crippen molar-refractivity contribution in [2.24, 2.45) is 5.73 Å². The predicted molar refractivity (Wildman–Crippen MR) is 92.0 cm³/mol. The monoisotopic (exact) mass is 394 g/mol. The van der Waals surface area contributed by atoms with Crippen LogP contribution in [-0.2, 0) is 16.2 Å². The summed E-state index contributed by atoms with van der Waals surface area (Å²) < 4.78 is 65.5. The van der Waals surface area contributed by atoms with E-state index in [9.17, 15) is 21.6 Å². The molecule has 2 rings (SSSR count). The van der Waals surface area contributed by atoms with Gasteiger partial charge in [-0.25, -0.2) is 13.1 Å². The van der Waals surface area contributed by atoms with Crippen molar-refractivity contribution < 1.29 is 21.6 Å². The summed E-state index contributed by atoms with van der Waals surface area (Å²) in [6.45, 7) is 1.15. The number of aryl methyl sites for hydroxylation is 1. The Morgan fingerprint density at radius 3 is 2.28 bits per heavy atom. The largest absolute Gasteiger partial charge is 0.416 e. The molecule has 0 saturated heterocycles. The molecule has 0 fully saturated rings. The van der Waals surface area contributed by atoms with Gasteiger partial charge in [0.25, 0.3) is 0 Å². The number of hydrogen-bond donors (Lipinski definition) is 2. The van der Waals surface area contributed by atoms with Crippen molar-refractivity contribution in [1.29, 1.82) is 0 Å². The molecule has 0 aromatic heterocycles. The molecule has 0 saturated carbocycles. The van der Waals surface area contributed by atoms with Crippen LogP contribution in [0.4, 0.5) is 13.2 Å². The first-order valence-corrected chi connectivity index (χ1v) is 8.57. The van der Waals surface area contributed by atoms with Crippen LogP contribution in [0.25, 0.3) is 0 Å². The van der Waals surface area contributed by atoms with Gasteiger partial charge in [-0.15, -0.1) is 12.4 Å². The molecule has 0 aliphatic heterocycles. The van der Waals surface area contributed by atoms with Crippen LogP contribution in [0.3, 0.4) is 0 Å². The van der Waals surface area contributed by atoms with Crippen molar-refractivity contribution in [3.8, 4) is 0 Å². The van der Waals surface area contributed by atoms with E-state index in [2.05, 4.69) is 4.72 Å². The SMILES string of the molecule is Cc1ccc(S(=O)(=O)NCC(N)c2ccccc2)cc1C(F)(F)F.Cl. The number of alkyl halides is 3. The Kier molecular flexibility index (Phi) is 7.01. The van der Waals surface area contributed by atoms with Crippen LogP contribution in [0, 0.1) is 6.92 Å². The molecular weight excluding hydrogens is 377 g/mol. The minimum atomic E-state index is -4.62. The zero-order valence-corrected chi connectivity index (χ0v) is 14.9. The van der Waals surface area contributed by atoms with Crippen molar-refractivity contribution in [3.63, 3.8) is 0 Å². The van der Waals surface area contributed by atoms with Gasteiger partial charge in [-0.05, 0) is 30.2 Å². The molecule has 0 bridgehead atoms. The first kappa shape index (κ1) is 21.4. The molecule has 0 amide bonds. The average Bonchev–Trinajstić information content (AvgIpc) is 2.52. The first-order valence-electron chi connectivity index (χ1n) is 7.09. The van der Waals surface area contributed by atoms with E-state index in [4.69, 9.17) is 5.73 Å². The topological polar surface area (TPSA) is 72.2 Å². The summed E-state index contributed by atoms with van der Waals surface area (Å²) in [4.78, 5) is -0.444. The third-order valence-corrected chi connectivity index (χ3v) is 4.97. The van der Waals surface area contributed by atoms with Crippen molar-refractivity contribution in [1.82, 2.24) is 4.72 Å². The van der Waals surface area contributed by atoms with Gasteiger partial charge in [-0.1, -0.05) is 36.4 Å². The lowest BCUT2D eigenvalue weighted by molar-refractivity contribution is -0.138. The molecular formula is C16H18ClF3N2O2S. The van der Waals surface area contributed by atoms with E-state index in [1.165, 1.54) is 6.92 Å². The number of halogens is 4. The van der Waals surface area contributed by atoms with Crippen LogP contribution in [0.15, 0.2) is 53.4 Å². The molecule has 1 unspecified atom stereocenters. The highest BCUT2D eigenvalue weighted by atomic mass is 35.5. The Balaban J connectivity index is 0.00000312. The molecule has 1 atom stereocenters. The van der Waals surface area contributed by atoms with Gasteiger partial charge in [0.1, 0.15) is 0 Å². The van der Waals surface area contributed by atoms with Crippen molar-refractivity contribution >= 4 is 22.4 Å². The number of nitrogens with two attached hydrogens (primary N) is 1. The zero-order chi connectivity index (χ0) is 18.0. The second-order valence-electron chi connectivity index (χ2n) is 5.34. The van der Waals surface area contributed by atoms with Crippen LogP contribution in [0.1, 0.15) is 22.7 Å². The van der Waals surface area contributed by atoms with E-state index in [1.807, 2.05) is 0 Å². The van der Waals surface area contributed by atoms with Gasteiger partial charge in [-0.3, -0.25) is 0 Å². The summed E-state index contributed by atoms with van der Waals surface area (Å²) >= 11 is 0. The minimum Gasteiger partial charge on any atom is -0.323 e. The molecule has 138 valence electrons. The molecule has 3 N–H and O–H groups in total. The van der Waals surface area contributed by atoms with Gasteiger partial charge in [0.15, 0.2) is 0 Å². The van der Waals surface area contributed by atoms with E-state index in [1.54, 1.807) is 30.3 Å².